The van der Waals surface area contributed by atoms with Gasteiger partial charge >= 0.3 is 87.1 Å². The summed E-state index contributed by atoms with van der Waals surface area (Å²) in [7, 11) is -2.76. The molecule has 0 aromatic heterocycles. The van der Waals surface area contributed by atoms with Crippen LogP contribution in [0.25, 0.3) is 0 Å². The van der Waals surface area contributed by atoms with E-state index < -0.39 is 20.5 Å². The average molecular weight is 232 g/mol. The number of carbonyl (C=O) groups is 1. The van der Waals surface area contributed by atoms with E-state index in [9.17, 15) is 14.6 Å². The predicted octanol–water partition coefficient (Wildman–Crippen LogP) is -0.0190. The molecule has 1 aromatic carbocycles. The van der Waals surface area contributed by atoms with E-state index in [1.165, 1.54) is 19.2 Å². The van der Waals surface area contributed by atoms with Crippen LogP contribution in [0.3, 0.4) is 0 Å². The Labute approximate surface area is 87.8 Å². The molecule has 0 unspecified atom stereocenters. The number of esters is 1. The SMILES string of the molecule is COC(=O)CO[PH](O)(O)c1ccccc1. The van der Waals surface area contributed by atoms with E-state index in [-0.39, 0.29) is 5.30 Å². The van der Waals surface area contributed by atoms with Gasteiger partial charge in [0, 0.05) is 0 Å². The van der Waals surface area contributed by atoms with Crippen LogP contribution in [0.1, 0.15) is 0 Å². The fourth-order valence-corrected chi connectivity index (χ4v) is 2.07. The summed E-state index contributed by atoms with van der Waals surface area (Å²) in [5.74, 6) is -0.647. The van der Waals surface area contributed by atoms with E-state index in [4.69, 9.17) is 4.52 Å². The van der Waals surface area contributed by atoms with Crippen molar-refractivity contribution < 1.29 is 23.8 Å². The van der Waals surface area contributed by atoms with Crippen molar-refractivity contribution in [3.05, 3.63) is 30.3 Å². The molecular weight excluding hydrogens is 219 g/mol. The van der Waals surface area contributed by atoms with E-state index >= 15 is 0 Å². The molecule has 0 amide bonds. The van der Waals surface area contributed by atoms with Crippen molar-refractivity contribution in [2.75, 3.05) is 13.7 Å². The van der Waals surface area contributed by atoms with Crippen LogP contribution in [-0.2, 0) is 14.1 Å². The van der Waals surface area contributed by atoms with Gasteiger partial charge in [-0.25, -0.2) is 0 Å². The van der Waals surface area contributed by atoms with Crippen LogP contribution < -0.4 is 5.30 Å². The Bertz CT molecular complexity index is 325. The number of hydrogen-bond acceptors (Lipinski definition) is 5. The van der Waals surface area contributed by atoms with Gasteiger partial charge in [0.25, 0.3) is 0 Å². The van der Waals surface area contributed by atoms with Gasteiger partial charge in [0.05, 0.1) is 0 Å². The second-order valence-electron chi connectivity index (χ2n) is 2.84. The van der Waals surface area contributed by atoms with E-state index in [0.29, 0.717) is 0 Å². The van der Waals surface area contributed by atoms with Gasteiger partial charge in [-0.3, -0.25) is 0 Å². The number of methoxy groups -OCH3 is 1. The third-order valence-corrected chi connectivity index (χ3v) is 3.40. The average Bonchev–Trinajstić information content (AvgIpc) is 2.27. The summed E-state index contributed by atoms with van der Waals surface area (Å²) < 4.78 is 9.06. The van der Waals surface area contributed by atoms with Crippen molar-refractivity contribution in [3.8, 4) is 0 Å². The molecule has 1 aromatic rings. The minimum atomic E-state index is -3.96. The number of ether oxygens (including phenoxy) is 1. The zero-order valence-electron chi connectivity index (χ0n) is 8.21. The molecular formula is C9H13O5P. The summed E-state index contributed by atoms with van der Waals surface area (Å²) in [6.45, 7) is -0.468. The molecule has 0 aliphatic carbocycles. The van der Waals surface area contributed by atoms with E-state index in [0.717, 1.165) is 0 Å². The van der Waals surface area contributed by atoms with Crippen LogP contribution >= 0.6 is 7.94 Å². The molecule has 0 aliphatic rings. The molecule has 0 atom stereocenters. The van der Waals surface area contributed by atoms with Crippen LogP contribution in [0.5, 0.6) is 0 Å². The first-order valence-corrected chi connectivity index (χ1v) is 6.07. The molecule has 0 bridgehead atoms. The quantitative estimate of drug-likeness (QED) is 0.563. The van der Waals surface area contributed by atoms with Crippen molar-refractivity contribution in [2.45, 2.75) is 0 Å². The van der Waals surface area contributed by atoms with Gasteiger partial charge in [-0.1, -0.05) is 0 Å². The molecule has 0 fully saturated rings. The molecule has 2 N–H and O–H groups in total. The number of carbonyl (C=O) groups excluding carboxylic acids is 1. The summed E-state index contributed by atoms with van der Waals surface area (Å²) in [4.78, 5) is 29.9. The second kappa shape index (κ2) is 5.19. The normalized spacial score (nSPS) is 12.2. The zero-order chi connectivity index (χ0) is 11.3. The van der Waals surface area contributed by atoms with E-state index in [1.807, 2.05) is 0 Å². The number of rotatable bonds is 4. The topological polar surface area (TPSA) is 76.0 Å². The maximum absolute atomic E-state index is 10.7. The summed E-state index contributed by atoms with van der Waals surface area (Å²) in [5, 5.41) is 0.286. The number of benzene rings is 1. The third kappa shape index (κ3) is 3.57. The summed E-state index contributed by atoms with van der Waals surface area (Å²) >= 11 is 0. The van der Waals surface area contributed by atoms with Crippen LogP contribution in [0.4, 0.5) is 0 Å². The number of hydrogen-bond donors (Lipinski definition) is 2. The second-order valence-corrected chi connectivity index (χ2v) is 4.92. The van der Waals surface area contributed by atoms with E-state index in [2.05, 4.69) is 4.74 Å². The Morgan fingerprint density at radius 3 is 2.47 bits per heavy atom. The molecule has 15 heavy (non-hydrogen) atoms. The maximum atomic E-state index is 10.7. The Morgan fingerprint density at radius 2 is 1.93 bits per heavy atom. The van der Waals surface area contributed by atoms with Gasteiger partial charge in [-0.15, -0.1) is 0 Å². The molecule has 0 saturated carbocycles. The van der Waals surface area contributed by atoms with E-state index in [1.54, 1.807) is 18.2 Å². The fourth-order valence-electron chi connectivity index (χ4n) is 0.957. The molecule has 0 heterocycles. The summed E-state index contributed by atoms with van der Waals surface area (Å²) in [6.07, 6.45) is 0. The van der Waals surface area contributed by atoms with Crippen LogP contribution in [0.2, 0.25) is 0 Å². The first-order chi connectivity index (χ1) is 7.06. The minimum absolute atomic E-state index is 0.286. The molecule has 1 rings (SSSR count). The Kier molecular flexibility index (Phi) is 4.17. The Balaban J connectivity index is 2.63. The predicted molar refractivity (Wildman–Crippen MR) is 56.8 cm³/mol. The first-order valence-electron chi connectivity index (χ1n) is 4.27. The van der Waals surface area contributed by atoms with Crippen molar-refractivity contribution in [1.82, 2.24) is 0 Å². The van der Waals surface area contributed by atoms with Crippen LogP contribution in [0.15, 0.2) is 30.3 Å². The van der Waals surface area contributed by atoms with Crippen molar-refractivity contribution in [1.29, 1.82) is 0 Å². The van der Waals surface area contributed by atoms with Crippen LogP contribution in [-0.4, -0.2) is 29.5 Å². The van der Waals surface area contributed by atoms with Gasteiger partial charge in [0.15, 0.2) is 0 Å². The molecule has 0 spiro atoms. The monoisotopic (exact) mass is 232 g/mol. The Hall–Kier alpha value is -1.00. The van der Waals surface area contributed by atoms with Gasteiger partial charge in [-0.05, 0) is 0 Å². The third-order valence-electron chi connectivity index (χ3n) is 1.77. The molecule has 5 nitrogen and oxygen atoms in total. The molecule has 0 radical (unpaired) electrons. The molecule has 0 saturated heterocycles. The van der Waals surface area contributed by atoms with Gasteiger partial charge in [-0.2, -0.15) is 0 Å². The standard InChI is InChI=1S/C9H13O5P/c1-13-9(10)7-14-15(11,12)8-5-3-2-4-6-8/h2-6,11-12,15H,7H2,1H3. The van der Waals surface area contributed by atoms with Crippen LogP contribution in [0, 0.1) is 0 Å². The van der Waals surface area contributed by atoms with Gasteiger partial charge in [0.2, 0.25) is 0 Å². The van der Waals surface area contributed by atoms with Crippen molar-refractivity contribution >= 4 is 19.2 Å². The summed E-state index contributed by atoms with van der Waals surface area (Å²) in [6, 6.07) is 8.12. The van der Waals surface area contributed by atoms with Gasteiger partial charge in [0.1, 0.15) is 0 Å². The fraction of sp³-hybridized carbons (Fsp3) is 0.222. The molecule has 6 heteroatoms. The Morgan fingerprint density at radius 1 is 1.33 bits per heavy atom. The molecule has 0 aliphatic heterocycles. The summed E-state index contributed by atoms with van der Waals surface area (Å²) in [5.41, 5.74) is 0. The van der Waals surface area contributed by atoms with Gasteiger partial charge < -0.3 is 0 Å². The first kappa shape index (κ1) is 12.1. The molecule has 84 valence electrons. The van der Waals surface area contributed by atoms with Crippen molar-refractivity contribution in [3.63, 3.8) is 0 Å². The van der Waals surface area contributed by atoms with Crippen molar-refractivity contribution in [2.24, 2.45) is 0 Å². The zero-order valence-corrected chi connectivity index (χ0v) is 9.21.